The first-order valence-electron chi connectivity index (χ1n) is 6.51. The van der Waals surface area contributed by atoms with Crippen molar-refractivity contribution in [3.63, 3.8) is 0 Å². The first kappa shape index (κ1) is 15.1. The Morgan fingerprint density at radius 2 is 2.14 bits per heavy atom. The Balaban J connectivity index is 2.15. The highest BCUT2D eigenvalue weighted by Crippen LogP contribution is 2.23. The molecule has 0 saturated carbocycles. The fourth-order valence-electron chi connectivity index (χ4n) is 1.74. The summed E-state index contributed by atoms with van der Waals surface area (Å²) in [5.41, 5.74) is 6.72. The quantitative estimate of drug-likeness (QED) is 0.768. The van der Waals surface area contributed by atoms with E-state index in [0.717, 1.165) is 6.42 Å². The highest BCUT2D eigenvalue weighted by atomic mass is 19.3. The van der Waals surface area contributed by atoms with Gasteiger partial charge < -0.3 is 15.8 Å². The number of hydrogen-bond donors (Lipinski definition) is 2. The molecule has 0 amide bonds. The predicted octanol–water partition coefficient (Wildman–Crippen LogP) is 2.51. The Morgan fingerprint density at radius 1 is 1.29 bits per heavy atom. The van der Waals surface area contributed by atoms with Crippen LogP contribution < -0.4 is 15.8 Å². The molecule has 0 radical (unpaired) electrons. The Labute approximate surface area is 121 Å². The second kappa shape index (κ2) is 7.49. The highest BCUT2D eigenvalue weighted by molar-refractivity contribution is 5.61. The summed E-state index contributed by atoms with van der Waals surface area (Å²) in [6.45, 7) is -1.59. The third-order valence-corrected chi connectivity index (χ3v) is 2.67. The number of anilines is 1. The van der Waals surface area contributed by atoms with Crippen molar-refractivity contribution in [3.8, 4) is 17.0 Å². The number of nitrogens with zero attached hydrogens (tertiary/aromatic N) is 2. The monoisotopic (exact) mass is 294 g/mol. The van der Waals surface area contributed by atoms with Crippen molar-refractivity contribution in [1.82, 2.24) is 9.97 Å². The normalized spacial score (nSPS) is 10.7. The topological polar surface area (TPSA) is 73.1 Å². The highest BCUT2D eigenvalue weighted by Gasteiger charge is 2.07. The summed E-state index contributed by atoms with van der Waals surface area (Å²) in [5.74, 6) is 0.569. The van der Waals surface area contributed by atoms with E-state index in [9.17, 15) is 8.78 Å². The van der Waals surface area contributed by atoms with Gasteiger partial charge in [-0.25, -0.2) is 9.97 Å². The van der Waals surface area contributed by atoms with Gasteiger partial charge in [0.05, 0.1) is 5.69 Å². The maximum Gasteiger partial charge on any atom is 0.387 e. The van der Waals surface area contributed by atoms with Crippen LogP contribution in [-0.2, 0) is 0 Å². The second-order valence-corrected chi connectivity index (χ2v) is 4.24. The summed E-state index contributed by atoms with van der Waals surface area (Å²) in [6, 6.07) is 8.09. The molecule has 0 spiro atoms. The molecule has 0 aliphatic carbocycles. The lowest BCUT2D eigenvalue weighted by Crippen LogP contribution is -2.10. The van der Waals surface area contributed by atoms with Gasteiger partial charge in [-0.05, 0) is 31.2 Å². The van der Waals surface area contributed by atoms with Gasteiger partial charge in [-0.1, -0.05) is 12.1 Å². The van der Waals surface area contributed by atoms with Crippen molar-refractivity contribution < 1.29 is 13.5 Å². The fourth-order valence-corrected chi connectivity index (χ4v) is 1.74. The lowest BCUT2D eigenvalue weighted by atomic mass is 10.1. The summed E-state index contributed by atoms with van der Waals surface area (Å²) >= 11 is 0. The van der Waals surface area contributed by atoms with Crippen LogP contribution in [0.25, 0.3) is 11.3 Å². The number of hydrogen-bond acceptors (Lipinski definition) is 5. The van der Waals surface area contributed by atoms with Gasteiger partial charge in [-0.15, -0.1) is 0 Å². The second-order valence-electron chi connectivity index (χ2n) is 4.24. The van der Waals surface area contributed by atoms with E-state index in [2.05, 4.69) is 20.0 Å². The van der Waals surface area contributed by atoms with Gasteiger partial charge in [-0.3, -0.25) is 0 Å². The van der Waals surface area contributed by atoms with Crippen LogP contribution in [0.5, 0.6) is 5.75 Å². The molecule has 0 aliphatic heterocycles. The molecule has 0 bridgehead atoms. The summed E-state index contributed by atoms with van der Waals surface area (Å²) in [4.78, 5) is 8.42. The van der Waals surface area contributed by atoms with Gasteiger partial charge in [0.25, 0.3) is 0 Å². The molecule has 2 rings (SSSR count). The van der Waals surface area contributed by atoms with Gasteiger partial charge in [-0.2, -0.15) is 8.78 Å². The summed E-state index contributed by atoms with van der Waals surface area (Å²) in [5, 5.41) is 3.05. The van der Waals surface area contributed by atoms with Crippen molar-refractivity contribution in [2.24, 2.45) is 5.73 Å². The lowest BCUT2D eigenvalue weighted by Gasteiger charge is -2.08. The number of benzene rings is 1. The smallest absolute Gasteiger partial charge is 0.387 e. The van der Waals surface area contributed by atoms with Crippen LogP contribution in [-0.4, -0.2) is 29.7 Å². The van der Waals surface area contributed by atoms with Crippen LogP contribution in [0.15, 0.2) is 36.5 Å². The minimum absolute atomic E-state index is 0.0961. The minimum atomic E-state index is -2.85. The van der Waals surface area contributed by atoms with E-state index >= 15 is 0 Å². The van der Waals surface area contributed by atoms with E-state index in [1.807, 2.05) is 0 Å². The number of rotatable bonds is 7. The Morgan fingerprint density at radius 3 is 2.90 bits per heavy atom. The van der Waals surface area contributed by atoms with Gasteiger partial charge >= 0.3 is 6.61 Å². The van der Waals surface area contributed by atoms with Crippen LogP contribution in [0, 0.1) is 0 Å². The van der Waals surface area contributed by atoms with Crippen molar-refractivity contribution in [2.45, 2.75) is 13.0 Å². The van der Waals surface area contributed by atoms with Gasteiger partial charge in [0.1, 0.15) is 5.75 Å². The van der Waals surface area contributed by atoms with E-state index in [0.29, 0.717) is 30.3 Å². The van der Waals surface area contributed by atoms with Crippen LogP contribution in [0.4, 0.5) is 14.7 Å². The molecule has 1 aromatic heterocycles. The molecule has 2 aromatic rings. The van der Waals surface area contributed by atoms with Crippen molar-refractivity contribution in [3.05, 3.63) is 36.5 Å². The maximum atomic E-state index is 12.2. The molecule has 3 N–H and O–H groups in total. The molecule has 1 heterocycles. The first-order chi connectivity index (χ1) is 10.2. The lowest BCUT2D eigenvalue weighted by molar-refractivity contribution is -0.0498. The molecule has 7 heteroatoms. The molecule has 112 valence electrons. The van der Waals surface area contributed by atoms with Crippen LogP contribution >= 0.6 is 0 Å². The first-order valence-corrected chi connectivity index (χ1v) is 6.51. The number of alkyl halides is 2. The SMILES string of the molecule is NCCCNc1nccc(-c2cccc(OC(F)F)c2)n1. The molecular weight excluding hydrogens is 278 g/mol. The summed E-state index contributed by atoms with van der Waals surface area (Å²) in [7, 11) is 0. The summed E-state index contributed by atoms with van der Waals surface area (Å²) in [6.07, 6.45) is 2.42. The fraction of sp³-hybridized carbons (Fsp3) is 0.286. The standard InChI is InChI=1S/C14H16F2N4O/c15-13(16)21-11-4-1-3-10(9-11)12-5-8-19-14(20-12)18-7-2-6-17/h1,3-5,8-9,13H,2,6-7,17H2,(H,18,19,20). The predicted molar refractivity (Wildman–Crippen MR) is 76.3 cm³/mol. The molecule has 1 aromatic carbocycles. The van der Waals surface area contributed by atoms with E-state index in [4.69, 9.17) is 5.73 Å². The largest absolute Gasteiger partial charge is 0.435 e. The van der Waals surface area contributed by atoms with Gasteiger partial charge in [0.15, 0.2) is 0 Å². The zero-order valence-electron chi connectivity index (χ0n) is 11.3. The minimum Gasteiger partial charge on any atom is -0.435 e. The Hall–Kier alpha value is -2.28. The average Bonchev–Trinajstić information content (AvgIpc) is 2.47. The number of aromatic nitrogens is 2. The molecule has 0 saturated heterocycles. The van der Waals surface area contributed by atoms with Gasteiger partial charge in [0.2, 0.25) is 5.95 Å². The Kier molecular flexibility index (Phi) is 5.39. The molecule has 5 nitrogen and oxygen atoms in total. The van der Waals surface area contributed by atoms with Crippen molar-refractivity contribution in [2.75, 3.05) is 18.4 Å². The molecule has 0 unspecified atom stereocenters. The van der Waals surface area contributed by atoms with Crippen LogP contribution in [0.2, 0.25) is 0 Å². The van der Waals surface area contributed by atoms with E-state index in [-0.39, 0.29) is 5.75 Å². The zero-order chi connectivity index (χ0) is 15.1. The van der Waals surface area contributed by atoms with Crippen molar-refractivity contribution in [1.29, 1.82) is 0 Å². The van der Waals surface area contributed by atoms with Crippen LogP contribution in [0.1, 0.15) is 6.42 Å². The van der Waals surface area contributed by atoms with E-state index in [1.165, 1.54) is 12.1 Å². The number of ether oxygens (including phenoxy) is 1. The Bertz CT molecular complexity index is 580. The number of nitrogens with two attached hydrogens (primary N) is 1. The molecular formula is C14H16F2N4O. The molecule has 0 atom stereocenters. The maximum absolute atomic E-state index is 12.2. The van der Waals surface area contributed by atoms with Crippen molar-refractivity contribution >= 4 is 5.95 Å². The number of halogens is 2. The van der Waals surface area contributed by atoms with Crippen LogP contribution in [0.3, 0.4) is 0 Å². The van der Waals surface area contributed by atoms with E-state index in [1.54, 1.807) is 24.4 Å². The number of nitrogens with one attached hydrogen (secondary N) is 1. The molecule has 0 aliphatic rings. The van der Waals surface area contributed by atoms with E-state index < -0.39 is 6.61 Å². The zero-order valence-corrected chi connectivity index (χ0v) is 11.3. The third kappa shape index (κ3) is 4.64. The molecule has 21 heavy (non-hydrogen) atoms. The average molecular weight is 294 g/mol. The van der Waals surface area contributed by atoms with Gasteiger partial charge in [0, 0.05) is 18.3 Å². The third-order valence-electron chi connectivity index (χ3n) is 2.67. The summed E-state index contributed by atoms with van der Waals surface area (Å²) < 4.78 is 28.8. The molecule has 0 fully saturated rings.